The van der Waals surface area contributed by atoms with E-state index >= 15 is 0 Å². The van der Waals surface area contributed by atoms with Crippen molar-refractivity contribution in [1.82, 2.24) is 9.78 Å². The van der Waals surface area contributed by atoms with Gasteiger partial charge in [0, 0.05) is 10.9 Å². The molecule has 0 aromatic carbocycles. The first kappa shape index (κ1) is 18.3. The molecule has 1 amide bonds. The highest BCUT2D eigenvalue weighted by molar-refractivity contribution is 7.16. The number of anilines is 1. The van der Waals surface area contributed by atoms with E-state index in [2.05, 4.69) is 10.4 Å². The van der Waals surface area contributed by atoms with E-state index < -0.39 is 11.9 Å². The Hall–Kier alpha value is -2.48. The van der Waals surface area contributed by atoms with Crippen molar-refractivity contribution < 1.29 is 14.3 Å². The maximum Gasteiger partial charge on any atom is 0.341 e. The molecule has 0 bridgehead atoms. The van der Waals surface area contributed by atoms with Gasteiger partial charge >= 0.3 is 5.97 Å². The van der Waals surface area contributed by atoms with Crippen molar-refractivity contribution in [2.24, 2.45) is 0 Å². The van der Waals surface area contributed by atoms with Crippen LogP contribution in [0, 0.1) is 6.92 Å². The van der Waals surface area contributed by atoms with Crippen LogP contribution in [0.5, 0.6) is 0 Å². The lowest BCUT2D eigenvalue weighted by Crippen LogP contribution is -2.31. The van der Waals surface area contributed by atoms with E-state index in [1.165, 1.54) is 16.0 Å². The predicted octanol–water partition coefficient (Wildman–Crippen LogP) is 2.31. The summed E-state index contributed by atoms with van der Waals surface area (Å²) >= 11 is 1.29. The molecule has 1 aliphatic rings. The van der Waals surface area contributed by atoms with Gasteiger partial charge in [-0.1, -0.05) is 0 Å². The van der Waals surface area contributed by atoms with Gasteiger partial charge in [-0.3, -0.25) is 9.59 Å². The minimum atomic E-state index is -0.476. The Bertz CT molecular complexity index is 900. The van der Waals surface area contributed by atoms with Crippen LogP contribution in [0.4, 0.5) is 5.00 Å². The molecular weight excluding hydrogens is 354 g/mol. The fourth-order valence-corrected chi connectivity index (χ4v) is 3.90. The second kappa shape index (κ2) is 7.82. The quantitative estimate of drug-likeness (QED) is 0.810. The van der Waals surface area contributed by atoms with E-state index in [0.717, 1.165) is 41.8 Å². The molecular formula is C18H21N3O4S. The zero-order valence-corrected chi connectivity index (χ0v) is 15.6. The summed E-state index contributed by atoms with van der Waals surface area (Å²) in [6.07, 6.45) is 3.80. The van der Waals surface area contributed by atoms with Crippen LogP contribution in [0.2, 0.25) is 0 Å². The molecule has 3 rings (SSSR count). The number of ether oxygens (including phenoxy) is 1. The summed E-state index contributed by atoms with van der Waals surface area (Å²) in [5.41, 5.74) is 1.92. The zero-order valence-electron chi connectivity index (χ0n) is 14.8. The lowest BCUT2D eigenvalue weighted by molar-refractivity contribution is -0.117. The Balaban J connectivity index is 1.76. The molecule has 26 heavy (non-hydrogen) atoms. The number of nitrogens with zero attached hydrogens (tertiary/aromatic N) is 2. The van der Waals surface area contributed by atoms with Gasteiger partial charge in [-0.2, -0.15) is 5.10 Å². The van der Waals surface area contributed by atoms with Crippen molar-refractivity contribution in [3.05, 3.63) is 44.2 Å². The molecule has 7 nitrogen and oxygen atoms in total. The van der Waals surface area contributed by atoms with Crippen molar-refractivity contribution in [2.45, 2.75) is 46.1 Å². The standard InChI is InChI=1S/C18H21N3O4S/c1-3-25-18(24)13-8-11(2)26-17(13)19-15(22)10-21-16(23)9-12-6-4-5-7-14(12)20-21/h8-9H,3-7,10H2,1-2H3,(H,19,22). The van der Waals surface area contributed by atoms with Gasteiger partial charge in [0.25, 0.3) is 5.56 Å². The van der Waals surface area contributed by atoms with Crippen LogP contribution in [-0.4, -0.2) is 28.3 Å². The molecule has 0 atom stereocenters. The van der Waals surface area contributed by atoms with Gasteiger partial charge in [-0.25, -0.2) is 9.48 Å². The molecule has 0 saturated carbocycles. The van der Waals surface area contributed by atoms with Crippen molar-refractivity contribution in [1.29, 1.82) is 0 Å². The molecule has 0 saturated heterocycles. The third kappa shape index (κ3) is 4.01. The van der Waals surface area contributed by atoms with Crippen molar-refractivity contribution in [3.8, 4) is 0 Å². The van der Waals surface area contributed by atoms with E-state index in [1.54, 1.807) is 19.1 Å². The number of nitrogens with one attached hydrogen (secondary N) is 1. The highest BCUT2D eigenvalue weighted by Gasteiger charge is 2.19. The third-order valence-electron chi connectivity index (χ3n) is 4.17. The monoisotopic (exact) mass is 375 g/mol. The zero-order chi connectivity index (χ0) is 18.7. The van der Waals surface area contributed by atoms with Crippen LogP contribution in [0.25, 0.3) is 0 Å². The molecule has 8 heteroatoms. The average Bonchev–Trinajstić information content (AvgIpc) is 2.96. The van der Waals surface area contributed by atoms with Gasteiger partial charge in [-0.05, 0) is 51.2 Å². The third-order valence-corrected chi connectivity index (χ3v) is 5.14. The fourth-order valence-electron chi connectivity index (χ4n) is 2.98. The predicted molar refractivity (Wildman–Crippen MR) is 98.8 cm³/mol. The number of hydrogen-bond acceptors (Lipinski definition) is 6. The molecule has 0 spiro atoms. The average molecular weight is 375 g/mol. The van der Waals surface area contributed by atoms with Crippen LogP contribution in [0.15, 0.2) is 16.9 Å². The van der Waals surface area contributed by atoms with Gasteiger partial charge in [-0.15, -0.1) is 11.3 Å². The van der Waals surface area contributed by atoms with Crippen LogP contribution >= 0.6 is 11.3 Å². The highest BCUT2D eigenvalue weighted by Crippen LogP contribution is 2.28. The number of carbonyl (C=O) groups is 2. The van der Waals surface area contributed by atoms with E-state index in [0.29, 0.717) is 10.6 Å². The van der Waals surface area contributed by atoms with Gasteiger partial charge < -0.3 is 10.1 Å². The number of aromatic nitrogens is 2. The van der Waals surface area contributed by atoms with Gasteiger partial charge in [0.1, 0.15) is 11.5 Å². The van der Waals surface area contributed by atoms with Crippen molar-refractivity contribution in [3.63, 3.8) is 0 Å². The Labute approximate surface area is 155 Å². The fraction of sp³-hybridized carbons (Fsp3) is 0.444. The van der Waals surface area contributed by atoms with E-state index in [1.807, 2.05) is 6.92 Å². The molecule has 0 aliphatic heterocycles. The highest BCUT2D eigenvalue weighted by atomic mass is 32.1. The molecule has 1 aliphatic carbocycles. The molecule has 2 heterocycles. The number of esters is 1. The topological polar surface area (TPSA) is 90.3 Å². The maximum absolute atomic E-state index is 12.4. The summed E-state index contributed by atoms with van der Waals surface area (Å²) in [4.78, 5) is 37.5. The number of aryl methyl sites for hydroxylation is 3. The van der Waals surface area contributed by atoms with Gasteiger partial charge in [0.05, 0.1) is 17.9 Å². The summed E-state index contributed by atoms with van der Waals surface area (Å²) in [5, 5.41) is 7.47. The van der Waals surface area contributed by atoms with E-state index in [-0.39, 0.29) is 18.7 Å². The minimum absolute atomic E-state index is 0.189. The lowest BCUT2D eigenvalue weighted by Gasteiger charge is -2.15. The molecule has 0 fully saturated rings. The van der Waals surface area contributed by atoms with Crippen LogP contribution in [-0.2, 0) is 28.9 Å². The second-order valence-corrected chi connectivity index (χ2v) is 7.44. The SMILES string of the molecule is CCOC(=O)c1cc(C)sc1NC(=O)Cn1nc2c(cc1=O)CCCC2. The summed E-state index contributed by atoms with van der Waals surface area (Å²) in [6, 6.07) is 3.26. The largest absolute Gasteiger partial charge is 0.462 e. The number of carbonyl (C=O) groups excluding carboxylic acids is 2. The van der Waals surface area contributed by atoms with Gasteiger partial charge in [0.2, 0.25) is 5.91 Å². The van der Waals surface area contributed by atoms with Crippen LogP contribution in [0.1, 0.15) is 46.3 Å². The minimum Gasteiger partial charge on any atom is -0.462 e. The Morgan fingerprint density at radius 1 is 1.31 bits per heavy atom. The lowest BCUT2D eigenvalue weighted by atomic mass is 9.97. The molecule has 0 radical (unpaired) electrons. The second-order valence-electron chi connectivity index (χ2n) is 6.19. The number of rotatable bonds is 5. The normalized spacial score (nSPS) is 13.2. The smallest absolute Gasteiger partial charge is 0.341 e. The maximum atomic E-state index is 12.4. The first-order chi connectivity index (χ1) is 12.5. The summed E-state index contributed by atoms with van der Waals surface area (Å²) in [7, 11) is 0. The van der Waals surface area contributed by atoms with Crippen molar-refractivity contribution in [2.75, 3.05) is 11.9 Å². The molecule has 2 aromatic heterocycles. The molecule has 2 aromatic rings. The number of thiophene rings is 1. The van der Waals surface area contributed by atoms with Crippen LogP contribution in [0.3, 0.4) is 0 Å². The number of fused-ring (bicyclic) bond motifs is 1. The van der Waals surface area contributed by atoms with Crippen molar-refractivity contribution >= 4 is 28.2 Å². The summed E-state index contributed by atoms with van der Waals surface area (Å²) in [6.45, 7) is 3.64. The molecule has 0 unspecified atom stereocenters. The Morgan fingerprint density at radius 3 is 2.85 bits per heavy atom. The number of hydrogen-bond donors (Lipinski definition) is 1. The van der Waals surface area contributed by atoms with Crippen LogP contribution < -0.4 is 10.9 Å². The number of amides is 1. The van der Waals surface area contributed by atoms with E-state index in [9.17, 15) is 14.4 Å². The molecule has 138 valence electrons. The van der Waals surface area contributed by atoms with Gasteiger partial charge in [0.15, 0.2) is 0 Å². The van der Waals surface area contributed by atoms with E-state index in [4.69, 9.17) is 4.74 Å². The first-order valence-corrected chi connectivity index (χ1v) is 9.47. The molecule has 1 N–H and O–H groups in total. The summed E-state index contributed by atoms with van der Waals surface area (Å²) in [5.74, 6) is -0.876. The first-order valence-electron chi connectivity index (χ1n) is 8.65. The Morgan fingerprint density at radius 2 is 2.08 bits per heavy atom. The Kier molecular flexibility index (Phi) is 5.51. The summed E-state index contributed by atoms with van der Waals surface area (Å²) < 4.78 is 6.20.